The number of hydrogen-bond donors (Lipinski definition) is 1. The largest absolute Gasteiger partial charge is 0.399 e. The third-order valence-corrected chi connectivity index (χ3v) is 1.55. The first-order chi connectivity index (χ1) is 4.72. The van der Waals surface area contributed by atoms with E-state index in [-0.39, 0.29) is 0 Å². The van der Waals surface area contributed by atoms with E-state index in [1.807, 2.05) is 18.2 Å². The lowest BCUT2D eigenvalue weighted by atomic mass is 10.2. The molecule has 0 saturated heterocycles. The van der Waals surface area contributed by atoms with Crippen LogP contribution in [-0.2, 0) is 0 Å². The fourth-order valence-corrected chi connectivity index (χ4v) is 0.979. The summed E-state index contributed by atoms with van der Waals surface area (Å²) in [4.78, 5) is 0. The standard InChI is InChI=1S/C8H8ClN/c1-6(10)7-4-2-3-5-8(7)9/h2-5H,1,10H2. The molecule has 2 heteroatoms. The first-order valence-electron chi connectivity index (χ1n) is 2.91. The fourth-order valence-electron chi connectivity index (χ4n) is 0.722. The highest BCUT2D eigenvalue weighted by Gasteiger charge is 1.97. The van der Waals surface area contributed by atoms with Crippen molar-refractivity contribution in [3.05, 3.63) is 41.4 Å². The van der Waals surface area contributed by atoms with Gasteiger partial charge in [-0.2, -0.15) is 0 Å². The van der Waals surface area contributed by atoms with Crippen LogP contribution in [0.1, 0.15) is 5.56 Å². The van der Waals surface area contributed by atoms with Gasteiger partial charge in [0, 0.05) is 16.3 Å². The molecule has 0 saturated carbocycles. The number of rotatable bonds is 1. The van der Waals surface area contributed by atoms with E-state index in [1.54, 1.807) is 6.07 Å². The normalized spacial score (nSPS) is 9.30. The van der Waals surface area contributed by atoms with Crippen molar-refractivity contribution in [3.63, 3.8) is 0 Å². The van der Waals surface area contributed by atoms with Crippen LogP contribution < -0.4 is 5.73 Å². The Balaban J connectivity index is 3.15. The molecular formula is C8H8ClN. The average molecular weight is 154 g/mol. The Morgan fingerprint density at radius 2 is 2.00 bits per heavy atom. The van der Waals surface area contributed by atoms with Crippen LogP contribution in [0.2, 0.25) is 5.02 Å². The van der Waals surface area contributed by atoms with Crippen molar-refractivity contribution in [1.82, 2.24) is 0 Å². The minimum atomic E-state index is 0.505. The summed E-state index contributed by atoms with van der Waals surface area (Å²) in [6.07, 6.45) is 0. The SMILES string of the molecule is C=C(N)c1ccccc1Cl. The Kier molecular flexibility index (Phi) is 1.97. The van der Waals surface area contributed by atoms with Gasteiger partial charge in [0.2, 0.25) is 0 Å². The van der Waals surface area contributed by atoms with Crippen LogP contribution in [0.3, 0.4) is 0 Å². The fraction of sp³-hybridized carbons (Fsp3) is 0. The molecule has 10 heavy (non-hydrogen) atoms. The predicted molar refractivity (Wildman–Crippen MR) is 44.7 cm³/mol. The van der Waals surface area contributed by atoms with E-state index in [0.29, 0.717) is 10.7 Å². The maximum absolute atomic E-state index is 5.78. The third kappa shape index (κ3) is 1.31. The van der Waals surface area contributed by atoms with Crippen molar-refractivity contribution in [1.29, 1.82) is 0 Å². The topological polar surface area (TPSA) is 26.0 Å². The molecule has 0 atom stereocenters. The summed E-state index contributed by atoms with van der Waals surface area (Å²) in [5.41, 5.74) is 6.75. The van der Waals surface area contributed by atoms with Crippen molar-refractivity contribution in [2.24, 2.45) is 5.73 Å². The molecule has 1 aromatic carbocycles. The smallest absolute Gasteiger partial charge is 0.0498 e. The second-order valence-electron chi connectivity index (χ2n) is 2.01. The van der Waals surface area contributed by atoms with E-state index in [1.165, 1.54) is 0 Å². The lowest BCUT2D eigenvalue weighted by molar-refractivity contribution is 1.53. The molecule has 0 spiro atoms. The summed E-state index contributed by atoms with van der Waals surface area (Å²) in [6, 6.07) is 7.35. The van der Waals surface area contributed by atoms with Crippen molar-refractivity contribution in [3.8, 4) is 0 Å². The molecule has 0 fully saturated rings. The molecule has 1 aromatic rings. The molecule has 1 rings (SSSR count). The molecular weight excluding hydrogens is 146 g/mol. The number of benzene rings is 1. The van der Waals surface area contributed by atoms with E-state index >= 15 is 0 Å². The summed E-state index contributed by atoms with van der Waals surface area (Å²) in [7, 11) is 0. The van der Waals surface area contributed by atoms with Gasteiger partial charge in [0.15, 0.2) is 0 Å². The summed E-state index contributed by atoms with van der Waals surface area (Å²) >= 11 is 5.78. The van der Waals surface area contributed by atoms with Gasteiger partial charge in [-0.15, -0.1) is 0 Å². The van der Waals surface area contributed by atoms with Crippen LogP contribution in [0.5, 0.6) is 0 Å². The minimum absolute atomic E-state index is 0.505. The van der Waals surface area contributed by atoms with E-state index in [9.17, 15) is 0 Å². The van der Waals surface area contributed by atoms with E-state index in [2.05, 4.69) is 6.58 Å². The van der Waals surface area contributed by atoms with Gasteiger partial charge in [0.1, 0.15) is 0 Å². The van der Waals surface area contributed by atoms with Gasteiger partial charge >= 0.3 is 0 Å². The number of nitrogens with two attached hydrogens (primary N) is 1. The third-order valence-electron chi connectivity index (χ3n) is 1.22. The Labute approximate surface area is 65.1 Å². The Hall–Kier alpha value is -0.950. The molecule has 0 radical (unpaired) electrons. The Morgan fingerprint density at radius 3 is 2.40 bits per heavy atom. The molecule has 0 aliphatic carbocycles. The second-order valence-corrected chi connectivity index (χ2v) is 2.41. The monoisotopic (exact) mass is 153 g/mol. The second kappa shape index (κ2) is 2.76. The summed E-state index contributed by atoms with van der Waals surface area (Å²) < 4.78 is 0. The quantitative estimate of drug-likeness (QED) is 0.658. The first kappa shape index (κ1) is 7.16. The molecule has 0 aromatic heterocycles. The summed E-state index contributed by atoms with van der Waals surface area (Å²) in [5, 5.41) is 0.648. The number of halogens is 1. The van der Waals surface area contributed by atoms with Gasteiger partial charge in [0.25, 0.3) is 0 Å². The molecule has 0 heterocycles. The van der Waals surface area contributed by atoms with Crippen LogP contribution in [0.25, 0.3) is 5.70 Å². The van der Waals surface area contributed by atoms with Crippen molar-refractivity contribution >= 4 is 17.3 Å². The molecule has 0 aliphatic rings. The summed E-state index contributed by atoms with van der Waals surface area (Å²) in [6.45, 7) is 3.58. The van der Waals surface area contributed by atoms with E-state index in [0.717, 1.165) is 5.56 Å². The molecule has 0 unspecified atom stereocenters. The van der Waals surface area contributed by atoms with Gasteiger partial charge in [-0.25, -0.2) is 0 Å². The molecule has 2 N–H and O–H groups in total. The van der Waals surface area contributed by atoms with Crippen molar-refractivity contribution < 1.29 is 0 Å². The zero-order chi connectivity index (χ0) is 7.56. The maximum Gasteiger partial charge on any atom is 0.0498 e. The van der Waals surface area contributed by atoms with Gasteiger partial charge in [-0.3, -0.25) is 0 Å². The Morgan fingerprint density at radius 1 is 1.40 bits per heavy atom. The van der Waals surface area contributed by atoms with Crippen LogP contribution in [0.15, 0.2) is 30.8 Å². The molecule has 0 amide bonds. The zero-order valence-electron chi connectivity index (χ0n) is 5.47. The molecule has 0 aliphatic heterocycles. The van der Waals surface area contributed by atoms with E-state index < -0.39 is 0 Å². The highest BCUT2D eigenvalue weighted by atomic mass is 35.5. The highest BCUT2D eigenvalue weighted by Crippen LogP contribution is 2.18. The molecule has 0 bridgehead atoms. The van der Waals surface area contributed by atoms with Gasteiger partial charge < -0.3 is 5.73 Å². The average Bonchev–Trinajstić information content (AvgIpc) is 1.88. The zero-order valence-corrected chi connectivity index (χ0v) is 6.23. The molecule has 1 nitrogen and oxygen atoms in total. The predicted octanol–water partition coefficient (Wildman–Crippen LogP) is 2.27. The number of hydrogen-bond acceptors (Lipinski definition) is 1. The van der Waals surface area contributed by atoms with E-state index in [4.69, 9.17) is 17.3 Å². The lowest BCUT2D eigenvalue weighted by Crippen LogP contribution is -1.93. The Bertz CT molecular complexity index is 255. The minimum Gasteiger partial charge on any atom is -0.399 e. The summed E-state index contributed by atoms with van der Waals surface area (Å²) in [5.74, 6) is 0. The van der Waals surface area contributed by atoms with Gasteiger partial charge in [-0.1, -0.05) is 36.4 Å². The van der Waals surface area contributed by atoms with Crippen molar-refractivity contribution in [2.45, 2.75) is 0 Å². The highest BCUT2D eigenvalue weighted by molar-refractivity contribution is 6.32. The van der Waals surface area contributed by atoms with Crippen LogP contribution in [-0.4, -0.2) is 0 Å². The first-order valence-corrected chi connectivity index (χ1v) is 3.29. The maximum atomic E-state index is 5.78. The lowest BCUT2D eigenvalue weighted by Gasteiger charge is -2.00. The van der Waals surface area contributed by atoms with Gasteiger partial charge in [0.05, 0.1) is 0 Å². The van der Waals surface area contributed by atoms with Gasteiger partial charge in [-0.05, 0) is 6.07 Å². The molecule has 52 valence electrons. The van der Waals surface area contributed by atoms with Crippen LogP contribution in [0.4, 0.5) is 0 Å². The van der Waals surface area contributed by atoms with Crippen LogP contribution >= 0.6 is 11.6 Å². The van der Waals surface area contributed by atoms with Crippen molar-refractivity contribution in [2.75, 3.05) is 0 Å². The van der Waals surface area contributed by atoms with Crippen LogP contribution in [0, 0.1) is 0 Å².